The van der Waals surface area contributed by atoms with Gasteiger partial charge in [-0.2, -0.15) is 23.3 Å². The van der Waals surface area contributed by atoms with Crippen LogP contribution in [0.2, 0.25) is 5.02 Å². The van der Waals surface area contributed by atoms with Crippen molar-refractivity contribution in [2.24, 2.45) is 0 Å². The molecule has 2 aromatic heterocycles. The fourth-order valence-electron chi connectivity index (χ4n) is 3.29. The van der Waals surface area contributed by atoms with E-state index in [9.17, 15) is 13.2 Å². The highest BCUT2D eigenvalue weighted by atomic mass is 35.5. The molecule has 0 saturated heterocycles. The minimum atomic E-state index is -4.77. The van der Waals surface area contributed by atoms with Crippen molar-refractivity contribution in [1.29, 1.82) is 0 Å². The number of benzene rings is 2. The quantitative estimate of drug-likeness (QED) is 0.392. The highest BCUT2D eigenvalue weighted by molar-refractivity contribution is 6.30. The number of ether oxygens (including phenoxy) is 1. The Bertz CT molecular complexity index is 1290. The second-order valence-electron chi connectivity index (χ2n) is 7.46. The number of nitrogen functional groups attached to an aromatic ring is 1. The lowest BCUT2D eigenvalue weighted by molar-refractivity contribution is -0.198. The predicted octanol–water partition coefficient (Wildman–Crippen LogP) is 5.86. The molecule has 1 unspecified atom stereocenters. The van der Waals surface area contributed by atoms with Crippen LogP contribution in [0.3, 0.4) is 0 Å². The molecule has 0 aliphatic heterocycles. The molecular formula is C23H19ClF3N5O. The van der Waals surface area contributed by atoms with Crippen LogP contribution in [-0.4, -0.2) is 25.9 Å². The topological polar surface area (TPSA) is 78.8 Å². The molecule has 170 valence electrons. The SMILES string of the molecule is Cc1ccc(-c2cc(OC(c3ccc(Cl)cc3-n3ccc(C)n3)C(F)(F)F)nc(N)n2)cc1. The molecule has 4 rings (SSSR count). The van der Waals surface area contributed by atoms with Gasteiger partial charge in [-0.05, 0) is 32.0 Å². The molecule has 2 aromatic carbocycles. The maximum Gasteiger partial charge on any atom is 0.429 e. The summed E-state index contributed by atoms with van der Waals surface area (Å²) in [5.74, 6) is -0.513. The van der Waals surface area contributed by atoms with E-state index in [-0.39, 0.29) is 28.1 Å². The van der Waals surface area contributed by atoms with Crippen LogP contribution < -0.4 is 10.5 Å². The van der Waals surface area contributed by atoms with Crippen molar-refractivity contribution in [1.82, 2.24) is 19.7 Å². The Balaban J connectivity index is 1.78. The summed E-state index contributed by atoms with van der Waals surface area (Å²) in [6.45, 7) is 3.65. The van der Waals surface area contributed by atoms with Crippen LogP contribution in [0.25, 0.3) is 16.9 Å². The van der Waals surface area contributed by atoms with E-state index in [1.54, 1.807) is 31.3 Å². The Morgan fingerprint density at radius 1 is 1.00 bits per heavy atom. The Morgan fingerprint density at radius 3 is 2.36 bits per heavy atom. The molecule has 2 N–H and O–H groups in total. The van der Waals surface area contributed by atoms with Gasteiger partial charge in [0, 0.05) is 28.4 Å². The zero-order valence-corrected chi connectivity index (χ0v) is 18.4. The van der Waals surface area contributed by atoms with E-state index < -0.39 is 12.3 Å². The van der Waals surface area contributed by atoms with Crippen molar-refractivity contribution in [2.75, 3.05) is 5.73 Å². The van der Waals surface area contributed by atoms with E-state index in [1.165, 1.54) is 28.9 Å². The molecule has 4 aromatic rings. The molecule has 0 radical (unpaired) electrons. The van der Waals surface area contributed by atoms with Gasteiger partial charge < -0.3 is 10.5 Å². The summed E-state index contributed by atoms with van der Waals surface area (Å²) in [4.78, 5) is 8.01. The molecule has 0 amide bonds. The van der Waals surface area contributed by atoms with Crippen LogP contribution in [-0.2, 0) is 0 Å². The normalized spacial score (nSPS) is 12.5. The van der Waals surface area contributed by atoms with E-state index in [4.69, 9.17) is 22.1 Å². The fourth-order valence-corrected chi connectivity index (χ4v) is 3.46. The van der Waals surface area contributed by atoms with Gasteiger partial charge in [-0.3, -0.25) is 0 Å². The van der Waals surface area contributed by atoms with Crippen LogP contribution in [0.15, 0.2) is 60.8 Å². The molecule has 10 heteroatoms. The average Bonchev–Trinajstić information content (AvgIpc) is 3.18. The first-order valence-electron chi connectivity index (χ1n) is 9.87. The van der Waals surface area contributed by atoms with Crippen molar-refractivity contribution >= 4 is 17.5 Å². The third kappa shape index (κ3) is 5.09. The zero-order valence-electron chi connectivity index (χ0n) is 17.6. The largest absolute Gasteiger partial charge is 0.459 e. The number of nitrogens with zero attached hydrogens (tertiary/aromatic N) is 4. The first kappa shape index (κ1) is 22.6. The lowest BCUT2D eigenvalue weighted by Crippen LogP contribution is -2.28. The van der Waals surface area contributed by atoms with Crippen molar-refractivity contribution in [3.8, 4) is 22.8 Å². The zero-order chi connectivity index (χ0) is 23.8. The fraction of sp³-hybridized carbons (Fsp3) is 0.174. The molecule has 0 aliphatic carbocycles. The number of rotatable bonds is 5. The molecule has 6 nitrogen and oxygen atoms in total. The maximum atomic E-state index is 14.2. The van der Waals surface area contributed by atoms with Gasteiger partial charge in [-0.1, -0.05) is 47.5 Å². The molecule has 1 atom stereocenters. The third-order valence-electron chi connectivity index (χ3n) is 4.85. The molecule has 2 heterocycles. The Hall–Kier alpha value is -3.59. The number of halogens is 4. The monoisotopic (exact) mass is 473 g/mol. The van der Waals surface area contributed by atoms with E-state index in [0.717, 1.165) is 5.56 Å². The number of hydrogen-bond acceptors (Lipinski definition) is 5. The molecule has 33 heavy (non-hydrogen) atoms. The molecule has 0 spiro atoms. The number of nitrogens with two attached hydrogens (primary N) is 1. The van der Waals surface area contributed by atoms with Crippen LogP contribution in [0.5, 0.6) is 5.88 Å². The number of alkyl halides is 3. The lowest BCUT2D eigenvalue weighted by Gasteiger charge is -2.24. The number of hydrogen-bond donors (Lipinski definition) is 1. The number of aryl methyl sites for hydroxylation is 2. The lowest BCUT2D eigenvalue weighted by atomic mass is 10.1. The van der Waals surface area contributed by atoms with Crippen LogP contribution >= 0.6 is 11.6 Å². The van der Waals surface area contributed by atoms with E-state index in [2.05, 4.69) is 15.1 Å². The first-order valence-corrected chi connectivity index (χ1v) is 10.2. The van der Waals surface area contributed by atoms with Gasteiger partial charge in [0.05, 0.1) is 17.1 Å². The minimum Gasteiger partial charge on any atom is -0.459 e. The number of aromatic nitrogens is 4. The summed E-state index contributed by atoms with van der Waals surface area (Å²) in [6.07, 6.45) is -5.57. The third-order valence-corrected chi connectivity index (χ3v) is 5.08. The van der Waals surface area contributed by atoms with Gasteiger partial charge in [0.25, 0.3) is 0 Å². The summed E-state index contributed by atoms with van der Waals surface area (Å²) in [7, 11) is 0. The Kier molecular flexibility index (Phi) is 5.99. The summed E-state index contributed by atoms with van der Waals surface area (Å²) < 4.78 is 49.3. The van der Waals surface area contributed by atoms with Gasteiger partial charge >= 0.3 is 6.18 Å². The van der Waals surface area contributed by atoms with Crippen LogP contribution in [0.1, 0.15) is 22.9 Å². The average molecular weight is 474 g/mol. The number of anilines is 1. The van der Waals surface area contributed by atoms with Crippen molar-refractivity contribution in [3.63, 3.8) is 0 Å². The molecule has 0 bridgehead atoms. The van der Waals surface area contributed by atoms with Crippen molar-refractivity contribution in [3.05, 3.63) is 82.6 Å². The van der Waals surface area contributed by atoms with Gasteiger partial charge in [-0.25, -0.2) is 9.67 Å². The Morgan fingerprint density at radius 2 is 1.73 bits per heavy atom. The summed E-state index contributed by atoms with van der Waals surface area (Å²) >= 11 is 6.07. The summed E-state index contributed by atoms with van der Waals surface area (Å²) in [6, 6.07) is 14.3. The van der Waals surface area contributed by atoms with Crippen LogP contribution in [0, 0.1) is 13.8 Å². The van der Waals surface area contributed by atoms with Crippen molar-refractivity contribution in [2.45, 2.75) is 26.1 Å². The van der Waals surface area contributed by atoms with Gasteiger partial charge in [0.2, 0.25) is 17.9 Å². The highest BCUT2D eigenvalue weighted by Crippen LogP contribution is 2.40. The van der Waals surface area contributed by atoms with Crippen molar-refractivity contribution < 1.29 is 17.9 Å². The van der Waals surface area contributed by atoms with E-state index in [1.807, 2.05) is 19.1 Å². The standard InChI is InChI=1S/C23H19ClF3N5O/c1-13-3-5-15(6-4-13)18-12-20(30-22(28)29-18)33-21(23(25,26)27)17-8-7-16(24)11-19(17)32-10-9-14(2)31-32/h3-12,21H,1-2H3,(H2,28,29,30). The van der Waals surface area contributed by atoms with E-state index in [0.29, 0.717) is 17.0 Å². The highest BCUT2D eigenvalue weighted by Gasteiger charge is 2.45. The maximum absolute atomic E-state index is 14.2. The molecule has 0 aliphatic rings. The molecule has 0 saturated carbocycles. The minimum absolute atomic E-state index is 0.138. The Labute approximate surface area is 192 Å². The second kappa shape index (κ2) is 8.74. The smallest absolute Gasteiger partial charge is 0.429 e. The van der Waals surface area contributed by atoms with E-state index >= 15 is 0 Å². The van der Waals surface area contributed by atoms with Crippen LogP contribution in [0.4, 0.5) is 19.1 Å². The molecule has 0 fully saturated rings. The second-order valence-corrected chi connectivity index (χ2v) is 7.90. The van der Waals surface area contributed by atoms with Gasteiger partial charge in [-0.15, -0.1) is 0 Å². The predicted molar refractivity (Wildman–Crippen MR) is 119 cm³/mol. The summed E-state index contributed by atoms with van der Waals surface area (Å²) in [5.41, 5.74) is 8.42. The van der Waals surface area contributed by atoms with Gasteiger partial charge in [0.15, 0.2) is 0 Å². The molecular weight excluding hydrogens is 455 g/mol. The van der Waals surface area contributed by atoms with Gasteiger partial charge in [0.1, 0.15) is 0 Å². The first-order chi connectivity index (χ1) is 15.6. The summed E-state index contributed by atoms with van der Waals surface area (Å²) in [5, 5.41) is 4.48.